The van der Waals surface area contributed by atoms with Crippen LogP contribution in [0, 0.1) is 5.92 Å². The summed E-state index contributed by atoms with van der Waals surface area (Å²) in [6.45, 7) is 4.27. The molecule has 2 rings (SSSR count). The number of halogens is 1. The average molecular weight is 283 g/mol. The summed E-state index contributed by atoms with van der Waals surface area (Å²) in [7, 11) is 0. The Bertz CT molecular complexity index is 493. The van der Waals surface area contributed by atoms with E-state index in [1.807, 2.05) is 18.2 Å². The summed E-state index contributed by atoms with van der Waals surface area (Å²) in [4.78, 5) is 4.40. The largest absolute Gasteiger partial charge is 0.438 e. The molecule has 1 aromatic carbocycles. The number of fused-ring (bicyclic) bond motifs is 1. The summed E-state index contributed by atoms with van der Waals surface area (Å²) in [5, 5.41) is 0. The van der Waals surface area contributed by atoms with Gasteiger partial charge in [-0.15, -0.1) is 0 Å². The Hall–Kier alpha value is -0.870. The Labute approximate surface area is 103 Å². The standard InChI is InChI=1S/C12H15BrN2O/c1-7(2)6-9(14)12-15-10-5-3-4-8(13)11(10)16-12/h3-5,7,9H,6,14H2,1-2H3. The van der Waals surface area contributed by atoms with Gasteiger partial charge in [0, 0.05) is 0 Å². The smallest absolute Gasteiger partial charge is 0.212 e. The number of rotatable bonds is 3. The molecule has 0 aliphatic carbocycles. The van der Waals surface area contributed by atoms with E-state index < -0.39 is 0 Å². The minimum absolute atomic E-state index is 0.126. The normalized spacial score (nSPS) is 13.6. The van der Waals surface area contributed by atoms with Crippen LogP contribution in [0.1, 0.15) is 32.2 Å². The average Bonchev–Trinajstić information content (AvgIpc) is 2.61. The fourth-order valence-electron chi connectivity index (χ4n) is 1.70. The molecule has 1 aromatic heterocycles. The predicted molar refractivity (Wildman–Crippen MR) is 68.1 cm³/mol. The quantitative estimate of drug-likeness (QED) is 0.935. The Morgan fingerprint density at radius 3 is 2.81 bits per heavy atom. The highest BCUT2D eigenvalue weighted by atomic mass is 79.9. The fraction of sp³-hybridized carbons (Fsp3) is 0.417. The van der Waals surface area contributed by atoms with E-state index in [2.05, 4.69) is 34.8 Å². The molecule has 0 bridgehead atoms. The maximum absolute atomic E-state index is 6.04. The molecule has 86 valence electrons. The van der Waals surface area contributed by atoms with Gasteiger partial charge in [-0.1, -0.05) is 19.9 Å². The van der Waals surface area contributed by atoms with E-state index in [4.69, 9.17) is 10.2 Å². The summed E-state index contributed by atoms with van der Waals surface area (Å²) in [6.07, 6.45) is 0.879. The lowest BCUT2D eigenvalue weighted by Gasteiger charge is -2.09. The highest BCUT2D eigenvalue weighted by Crippen LogP contribution is 2.27. The van der Waals surface area contributed by atoms with Crippen molar-refractivity contribution >= 4 is 27.0 Å². The van der Waals surface area contributed by atoms with Gasteiger partial charge >= 0.3 is 0 Å². The maximum atomic E-state index is 6.04. The van der Waals surface area contributed by atoms with Crippen LogP contribution in [0.4, 0.5) is 0 Å². The number of hydrogen-bond acceptors (Lipinski definition) is 3. The van der Waals surface area contributed by atoms with Crippen LogP contribution in [-0.2, 0) is 0 Å². The summed E-state index contributed by atoms with van der Waals surface area (Å²) in [5.74, 6) is 1.16. The minimum Gasteiger partial charge on any atom is -0.438 e. The van der Waals surface area contributed by atoms with Gasteiger partial charge in [0.15, 0.2) is 5.58 Å². The first-order chi connectivity index (χ1) is 7.58. The highest BCUT2D eigenvalue weighted by molar-refractivity contribution is 9.10. The first kappa shape index (κ1) is 11.6. The van der Waals surface area contributed by atoms with E-state index in [9.17, 15) is 0 Å². The van der Waals surface area contributed by atoms with Crippen molar-refractivity contribution in [2.45, 2.75) is 26.3 Å². The zero-order valence-corrected chi connectivity index (χ0v) is 11.0. The molecule has 1 atom stereocenters. The predicted octanol–water partition coefficient (Wildman–Crippen LogP) is 3.64. The van der Waals surface area contributed by atoms with Gasteiger partial charge in [-0.05, 0) is 40.4 Å². The van der Waals surface area contributed by atoms with Gasteiger partial charge in [0.05, 0.1) is 10.5 Å². The van der Waals surface area contributed by atoms with Crippen LogP contribution in [0.5, 0.6) is 0 Å². The SMILES string of the molecule is CC(C)CC(N)c1nc2cccc(Br)c2o1. The lowest BCUT2D eigenvalue weighted by molar-refractivity contribution is 0.417. The molecule has 0 radical (unpaired) electrons. The molecule has 0 aliphatic heterocycles. The van der Waals surface area contributed by atoms with E-state index in [-0.39, 0.29) is 6.04 Å². The van der Waals surface area contributed by atoms with Crippen LogP contribution in [0.25, 0.3) is 11.1 Å². The lowest BCUT2D eigenvalue weighted by atomic mass is 10.0. The van der Waals surface area contributed by atoms with E-state index >= 15 is 0 Å². The van der Waals surface area contributed by atoms with Gasteiger partial charge < -0.3 is 10.2 Å². The Kier molecular flexibility index (Phi) is 3.30. The van der Waals surface area contributed by atoms with Gasteiger partial charge in [-0.3, -0.25) is 0 Å². The van der Waals surface area contributed by atoms with E-state index in [1.54, 1.807) is 0 Å². The molecule has 0 fully saturated rings. The summed E-state index contributed by atoms with van der Waals surface area (Å²) in [6, 6.07) is 5.67. The number of nitrogens with zero attached hydrogens (tertiary/aromatic N) is 1. The number of para-hydroxylation sites is 1. The van der Waals surface area contributed by atoms with E-state index in [0.717, 1.165) is 22.0 Å². The van der Waals surface area contributed by atoms with Gasteiger partial charge in [0.25, 0.3) is 0 Å². The molecule has 0 saturated heterocycles. The minimum atomic E-state index is -0.126. The molecule has 2 N–H and O–H groups in total. The summed E-state index contributed by atoms with van der Waals surface area (Å²) in [5.41, 5.74) is 7.66. The molecule has 1 heterocycles. The highest BCUT2D eigenvalue weighted by Gasteiger charge is 2.16. The zero-order chi connectivity index (χ0) is 11.7. The Morgan fingerprint density at radius 1 is 1.44 bits per heavy atom. The molecule has 1 unspecified atom stereocenters. The molecule has 3 nitrogen and oxygen atoms in total. The topological polar surface area (TPSA) is 52.0 Å². The number of hydrogen-bond donors (Lipinski definition) is 1. The number of aromatic nitrogens is 1. The van der Waals surface area contributed by atoms with Gasteiger partial charge in [0.1, 0.15) is 5.52 Å². The molecule has 2 aromatic rings. The third-order valence-corrected chi connectivity index (χ3v) is 3.05. The molecule has 0 saturated carbocycles. The number of nitrogens with two attached hydrogens (primary N) is 1. The van der Waals surface area contributed by atoms with Crippen LogP contribution in [-0.4, -0.2) is 4.98 Å². The monoisotopic (exact) mass is 282 g/mol. The van der Waals surface area contributed by atoms with Crippen LogP contribution in [0.2, 0.25) is 0 Å². The van der Waals surface area contributed by atoms with Crippen molar-refractivity contribution in [3.63, 3.8) is 0 Å². The molecule has 0 aliphatic rings. The molecule has 0 amide bonds. The van der Waals surface area contributed by atoms with Crippen LogP contribution in [0.15, 0.2) is 27.1 Å². The Morgan fingerprint density at radius 2 is 2.19 bits per heavy atom. The van der Waals surface area contributed by atoms with Crippen molar-refractivity contribution in [2.75, 3.05) is 0 Å². The van der Waals surface area contributed by atoms with Crippen molar-refractivity contribution in [3.8, 4) is 0 Å². The lowest BCUT2D eigenvalue weighted by Crippen LogP contribution is -2.13. The number of oxazole rings is 1. The van der Waals surface area contributed by atoms with Crippen LogP contribution in [0.3, 0.4) is 0 Å². The zero-order valence-electron chi connectivity index (χ0n) is 9.40. The van der Waals surface area contributed by atoms with E-state index in [0.29, 0.717) is 11.8 Å². The summed E-state index contributed by atoms with van der Waals surface area (Å²) >= 11 is 3.44. The number of benzene rings is 1. The van der Waals surface area contributed by atoms with Crippen molar-refractivity contribution < 1.29 is 4.42 Å². The second kappa shape index (κ2) is 4.55. The molecule has 16 heavy (non-hydrogen) atoms. The second-order valence-electron chi connectivity index (χ2n) is 4.38. The molecule has 0 spiro atoms. The Balaban J connectivity index is 2.36. The fourth-order valence-corrected chi connectivity index (χ4v) is 2.14. The first-order valence-corrected chi connectivity index (χ1v) is 6.17. The molecular formula is C12H15BrN2O. The maximum Gasteiger partial charge on any atom is 0.212 e. The molecular weight excluding hydrogens is 268 g/mol. The van der Waals surface area contributed by atoms with Gasteiger partial charge in [-0.2, -0.15) is 0 Å². The first-order valence-electron chi connectivity index (χ1n) is 5.38. The third-order valence-electron chi connectivity index (χ3n) is 2.43. The third kappa shape index (κ3) is 2.28. The second-order valence-corrected chi connectivity index (χ2v) is 5.23. The van der Waals surface area contributed by atoms with Crippen molar-refractivity contribution in [1.29, 1.82) is 0 Å². The van der Waals surface area contributed by atoms with E-state index in [1.165, 1.54) is 0 Å². The molecule has 4 heteroatoms. The van der Waals surface area contributed by atoms with Crippen molar-refractivity contribution in [2.24, 2.45) is 11.7 Å². The summed E-state index contributed by atoms with van der Waals surface area (Å²) < 4.78 is 6.60. The van der Waals surface area contributed by atoms with Crippen LogP contribution >= 0.6 is 15.9 Å². The van der Waals surface area contributed by atoms with Crippen molar-refractivity contribution in [1.82, 2.24) is 4.98 Å². The van der Waals surface area contributed by atoms with Gasteiger partial charge in [-0.25, -0.2) is 4.98 Å². The van der Waals surface area contributed by atoms with Crippen molar-refractivity contribution in [3.05, 3.63) is 28.6 Å². The van der Waals surface area contributed by atoms with Gasteiger partial charge in [0.2, 0.25) is 5.89 Å². The van der Waals surface area contributed by atoms with Crippen LogP contribution < -0.4 is 5.73 Å².